The molecule has 1 amide bonds. The Labute approximate surface area is 145 Å². The first-order chi connectivity index (χ1) is 11.6. The van der Waals surface area contributed by atoms with Crippen LogP contribution in [0.2, 0.25) is 0 Å². The monoisotopic (exact) mass is 334 g/mol. The molecule has 0 unspecified atom stereocenters. The minimum atomic E-state index is -0.326. The van der Waals surface area contributed by atoms with E-state index in [1.165, 1.54) is 0 Å². The fourth-order valence-electron chi connectivity index (χ4n) is 3.23. The highest BCUT2D eigenvalue weighted by molar-refractivity contribution is 5.93. The van der Waals surface area contributed by atoms with Gasteiger partial charge in [0.2, 0.25) is 5.91 Å². The molecule has 0 atom stereocenters. The minimum absolute atomic E-state index is 0.194. The first kappa shape index (κ1) is 18.7. The van der Waals surface area contributed by atoms with Gasteiger partial charge >= 0.3 is 0 Å². The third-order valence-electron chi connectivity index (χ3n) is 4.78. The first-order valence-corrected chi connectivity index (χ1v) is 8.57. The maximum absolute atomic E-state index is 12.3. The van der Waals surface area contributed by atoms with Crippen LogP contribution in [0.1, 0.15) is 12.8 Å². The molecule has 6 nitrogen and oxygen atoms in total. The third-order valence-corrected chi connectivity index (χ3v) is 4.78. The van der Waals surface area contributed by atoms with Crippen molar-refractivity contribution in [3.8, 4) is 0 Å². The molecule has 2 aliphatic heterocycles. The zero-order valence-corrected chi connectivity index (χ0v) is 15.0. The second-order valence-corrected chi connectivity index (χ2v) is 6.36. The summed E-state index contributed by atoms with van der Waals surface area (Å²) in [7, 11) is 5.71. The zero-order valence-electron chi connectivity index (χ0n) is 15.0. The number of carbonyl (C=O) groups excluding carboxylic acids is 1. The van der Waals surface area contributed by atoms with Crippen LogP contribution in [0.25, 0.3) is 0 Å². The van der Waals surface area contributed by atoms with E-state index in [1.807, 2.05) is 25.2 Å². The first-order valence-electron chi connectivity index (χ1n) is 8.57. The summed E-state index contributed by atoms with van der Waals surface area (Å²) in [6, 6.07) is 10.2. The lowest BCUT2D eigenvalue weighted by Crippen LogP contribution is -2.55. The lowest BCUT2D eigenvalue weighted by molar-refractivity contribution is -0.125. The van der Waals surface area contributed by atoms with Crippen molar-refractivity contribution in [2.24, 2.45) is 0 Å². The second kappa shape index (κ2) is 9.01. The van der Waals surface area contributed by atoms with Crippen LogP contribution in [-0.4, -0.2) is 70.5 Å². The number of anilines is 1. The minimum Gasteiger partial charge on any atom is -0.383 e. The summed E-state index contributed by atoms with van der Waals surface area (Å²) in [6.07, 6.45) is 1.81. The molecule has 2 aliphatic rings. The van der Waals surface area contributed by atoms with E-state index >= 15 is 0 Å². The van der Waals surface area contributed by atoms with Crippen molar-refractivity contribution in [2.75, 3.05) is 59.0 Å². The van der Waals surface area contributed by atoms with E-state index in [2.05, 4.69) is 39.6 Å². The number of para-hydroxylation sites is 1. The SMILES string of the molecule is CN1CCC2(CC1)C(=O)NCN2c1ccccc1.CNCCOC. The lowest BCUT2D eigenvalue weighted by Gasteiger charge is -2.42. The predicted octanol–water partition coefficient (Wildman–Crippen LogP) is 0.897. The van der Waals surface area contributed by atoms with Gasteiger partial charge in [0, 0.05) is 32.4 Å². The molecule has 2 fully saturated rings. The average molecular weight is 334 g/mol. The molecule has 6 heteroatoms. The van der Waals surface area contributed by atoms with Gasteiger partial charge in [-0.05, 0) is 39.1 Å². The molecular weight excluding hydrogens is 304 g/mol. The van der Waals surface area contributed by atoms with Gasteiger partial charge in [-0.25, -0.2) is 0 Å². The van der Waals surface area contributed by atoms with E-state index in [1.54, 1.807) is 7.11 Å². The van der Waals surface area contributed by atoms with Gasteiger partial charge in [0.05, 0.1) is 13.3 Å². The van der Waals surface area contributed by atoms with Crippen molar-refractivity contribution in [1.82, 2.24) is 15.5 Å². The molecule has 0 bridgehead atoms. The molecule has 1 aromatic carbocycles. The van der Waals surface area contributed by atoms with E-state index < -0.39 is 0 Å². The number of methoxy groups -OCH3 is 1. The van der Waals surface area contributed by atoms with Crippen LogP contribution in [0, 0.1) is 0 Å². The molecular formula is C18H30N4O2. The third kappa shape index (κ3) is 4.26. The summed E-state index contributed by atoms with van der Waals surface area (Å²) in [5, 5.41) is 5.96. The molecule has 134 valence electrons. The van der Waals surface area contributed by atoms with Gasteiger partial charge in [-0.2, -0.15) is 0 Å². The number of piperidine rings is 1. The number of rotatable bonds is 4. The summed E-state index contributed by atoms with van der Waals surface area (Å²) in [6.45, 7) is 4.34. The molecule has 24 heavy (non-hydrogen) atoms. The topological polar surface area (TPSA) is 56.8 Å². The number of hydrogen-bond donors (Lipinski definition) is 2. The summed E-state index contributed by atoms with van der Waals surface area (Å²) >= 11 is 0. The Morgan fingerprint density at radius 2 is 1.92 bits per heavy atom. The number of hydrogen-bond acceptors (Lipinski definition) is 5. The van der Waals surface area contributed by atoms with Crippen molar-refractivity contribution in [2.45, 2.75) is 18.4 Å². The Balaban J connectivity index is 0.000000301. The van der Waals surface area contributed by atoms with Gasteiger partial charge in [0.1, 0.15) is 5.54 Å². The Bertz CT molecular complexity index is 497. The van der Waals surface area contributed by atoms with Crippen molar-refractivity contribution < 1.29 is 9.53 Å². The fourth-order valence-corrected chi connectivity index (χ4v) is 3.23. The number of carbonyl (C=O) groups is 1. The Hall–Kier alpha value is -1.63. The quantitative estimate of drug-likeness (QED) is 0.801. The Morgan fingerprint density at radius 3 is 2.46 bits per heavy atom. The number of nitrogens with zero attached hydrogens (tertiary/aromatic N) is 2. The van der Waals surface area contributed by atoms with Crippen LogP contribution in [-0.2, 0) is 9.53 Å². The lowest BCUT2D eigenvalue weighted by atomic mass is 9.86. The number of amides is 1. The van der Waals surface area contributed by atoms with Crippen LogP contribution in [0.4, 0.5) is 5.69 Å². The van der Waals surface area contributed by atoms with Gasteiger partial charge < -0.3 is 25.2 Å². The van der Waals surface area contributed by atoms with Gasteiger partial charge in [-0.1, -0.05) is 18.2 Å². The van der Waals surface area contributed by atoms with Crippen LogP contribution < -0.4 is 15.5 Å². The predicted molar refractivity (Wildman–Crippen MR) is 97.2 cm³/mol. The normalized spacial score (nSPS) is 19.8. The van der Waals surface area contributed by atoms with Crippen LogP contribution in [0.15, 0.2) is 30.3 Å². The molecule has 2 saturated heterocycles. The highest BCUT2D eigenvalue weighted by atomic mass is 16.5. The standard InChI is InChI=1S/C14H19N3O.C4H11NO/c1-16-9-7-14(8-10-16)13(18)15-11-17(14)12-5-3-2-4-6-12;1-5-3-4-6-2/h2-6H,7-11H2,1H3,(H,15,18);5H,3-4H2,1-2H3. The van der Waals surface area contributed by atoms with Crippen molar-refractivity contribution in [3.05, 3.63) is 30.3 Å². The molecule has 2 heterocycles. The summed E-state index contributed by atoms with van der Waals surface area (Å²) in [5.41, 5.74) is 0.814. The van der Waals surface area contributed by atoms with E-state index in [-0.39, 0.29) is 11.4 Å². The molecule has 0 saturated carbocycles. The van der Waals surface area contributed by atoms with Crippen LogP contribution in [0.5, 0.6) is 0 Å². The average Bonchev–Trinajstić information content (AvgIpc) is 2.93. The molecule has 2 N–H and O–H groups in total. The van der Waals surface area contributed by atoms with Crippen molar-refractivity contribution >= 4 is 11.6 Å². The highest BCUT2D eigenvalue weighted by Crippen LogP contribution is 2.35. The van der Waals surface area contributed by atoms with Gasteiger partial charge in [0.15, 0.2) is 0 Å². The largest absolute Gasteiger partial charge is 0.383 e. The Morgan fingerprint density at radius 1 is 1.25 bits per heavy atom. The molecule has 0 aliphatic carbocycles. The van der Waals surface area contributed by atoms with Crippen molar-refractivity contribution in [1.29, 1.82) is 0 Å². The van der Waals surface area contributed by atoms with E-state index in [9.17, 15) is 4.79 Å². The maximum Gasteiger partial charge on any atom is 0.247 e. The summed E-state index contributed by atoms with van der Waals surface area (Å²) in [4.78, 5) is 16.8. The molecule has 0 aromatic heterocycles. The van der Waals surface area contributed by atoms with Crippen LogP contribution in [0.3, 0.4) is 0 Å². The van der Waals surface area contributed by atoms with Gasteiger partial charge in [0.25, 0.3) is 0 Å². The molecule has 1 spiro atoms. The number of ether oxygens (including phenoxy) is 1. The Kier molecular flexibility index (Phi) is 7.02. The maximum atomic E-state index is 12.3. The number of likely N-dealkylation sites (tertiary alicyclic amines) is 1. The van der Waals surface area contributed by atoms with Gasteiger partial charge in [-0.3, -0.25) is 4.79 Å². The number of likely N-dealkylation sites (N-methyl/N-ethyl adjacent to an activating group) is 1. The summed E-state index contributed by atoms with van der Waals surface area (Å²) < 4.78 is 4.72. The second-order valence-electron chi connectivity index (χ2n) is 6.36. The van der Waals surface area contributed by atoms with E-state index in [4.69, 9.17) is 4.74 Å². The van der Waals surface area contributed by atoms with E-state index in [0.29, 0.717) is 6.67 Å². The van der Waals surface area contributed by atoms with Gasteiger partial charge in [-0.15, -0.1) is 0 Å². The van der Waals surface area contributed by atoms with Crippen LogP contribution >= 0.6 is 0 Å². The zero-order chi connectivity index (χ0) is 17.4. The fraction of sp³-hybridized carbons (Fsp3) is 0.611. The molecule has 1 aromatic rings. The summed E-state index contributed by atoms with van der Waals surface area (Å²) in [5.74, 6) is 0.194. The molecule has 3 rings (SSSR count). The number of nitrogens with one attached hydrogen (secondary N) is 2. The highest BCUT2D eigenvalue weighted by Gasteiger charge is 2.49. The molecule has 0 radical (unpaired) electrons. The smallest absolute Gasteiger partial charge is 0.247 e. The number of benzene rings is 1. The van der Waals surface area contributed by atoms with E-state index in [0.717, 1.165) is 44.8 Å². The van der Waals surface area contributed by atoms with Crippen molar-refractivity contribution in [3.63, 3.8) is 0 Å².